The molecular weight excluding hydrogens is 246 g/mol. The number of anilines is 1. The van der Waals surface area contributed by atoms with E-state index in [9.17, 15) is 9.59 Å². The van der Waals surface area contributed by atoms with Crippen LogP contribution in [0.25, 0.3) is 0 Å². The Bertz CT molecular complexity index is 451. The van der Waals surface area contributed by atoms with Crippen LogP contribution >= 0.6 is 0 Å². The second-order valence-corrected chi connectivity index (χ2v) is 4.61. The number of hydrogen-bond donors (Lipinski definition) is 3. The highest BCUT2D eigenvalue weighted by molar-refractivity contribution is 5.92. The van der Waals surface area contributed by atoms with Crippen molar-refractivity contribution in [3.8, 4) is 0 Å². The maximum absolute atomic E-state index is 12.0. The lowest BCUT2D eigenvalue weighted by atomic mass is 9.97. The van der Waals surface area contributed by atoms with E-state index in [1.807, 2.05) is 0 Å². The molecule has 0 spiro atoms. The molecule has 0 atom stereocenters. The minimum absolute atomic E-state index is 0.0287. The predicted octanol–water partition coefficient (Wildman–Crippen LogP) is -0.433. The molecule has 0 unspecified atom stereocenters. The summed E-state index contributed by atoms with van der Waals surface area (Å²) in [5.41, 5.74) is 0.632. The van der Waals surface area contributed by atoms with Gasteiger partial charge in [0.25, 0.3) is 0 Å². The van der Waals surface area contributed by atoms with Gasteiger partial charge in [0, 0.05) is 19.2 Å². The van der Waals surface area contributed by atoms with E-state index in [2.05, 4.69) is 21.0 Å². The van der Waals surface area contributed by atoms with Crippen LogP contribution in [0.5, 0.6) is 0 Å². The zero-order chi connectivity index (χ0) is 13.7. The summed E-state index contributed by atoms with van der Waals surface area (Å²) in [7, 11) is 1.58. The van der Waals surface area contributed by atoms with Crippen LogP contribution in [0.2, 0.25) is 0 Å². The third-order valence-corrected chi connectivity index (χ3v) is 3.20. The normalized spacial score (nSPS) is 16.1. The first-order valence-electron chi connectivity index (χ1n) is 6.43. The zero-order valence-electron chi connectivity index (χ0n) is 11.0. The SMILES string of the molecule is CNC(=O)Cn1cc(NC(=O)C2CCNCC2)cn1. The summed E-state index contributed by atoms with van der Waals surface area (Å²) >= 11 is 0. The summed E-state index contributed by atoms with van der Waals surface area (Å²) < 4.78 is 1.50. The maximum atomic E-state index is 12.0. The lowest BCUT2D eigenvalue weighted by Gasteiger charge is -2.21. The minimum atomic E-state index is -0.126. The van der Waals surface area contributed by atoms with Gasteiger partial charge in [-0.1, -0.05) is 0 Å². The van der Waals surface area contributed by atoms with Gasteiger partial charge < -0.3 is 16.0 Å². The summed E-state index contributed by atoms with van der Waals surface area (Å²) in [5, 5.41) is 12.6. The number of piperidine rings is 1. The van der Waals surface area contributed by atoms with Crippen LogP contribution in [0.1, 0.15) is 12.8 Å². The second-order valence-electron chi connectivity index (χ2n) is 4.61. The van der Waals surface area contributed by atoms with Crippen LogP contribution in [0.3, 0.4) is 0 Å². The monoisotopic (exact) mass is 265 g/mol. The molecule has 2 amide bonds. The van der Waals surface area contributed by atoms with E-state index in [4.69, 9.17) is 0 Å². The van der Waals surface area contributed by atoms with Gasteiger partial charge in [-0.3, -0.25) is 14.3 Å². The lowest BCUT2D eigenvalue weighted by Crippen LogP contribution is -2.34. The summed E-state index contributed by atoms with van der Waals surface area (Å²) in [5.74, 6) is -0.0381. The molecule has 1 aromatic rings. The molecule has 0 saturated carbocycles. The number of likely N-dealkylation sites (N-methyl/N-ethyl adjacent to an activating group) is 1. The molecule has 104 valence electrons. The van der Waals surface area contributed by atoms with Gasteiger partial charge in [-0.15, -0.1) is 0 Å². The summed E-state index contributed by atoms with van der Waals surface area (Å²) in [6, 6.07) is 0. The lowest BCUT2D eigenvalue weighted by molar-refractivity contribution is -0.121. The van der Waals surface area contributed by atoms with Gasteiger partial charge in [0.2, 0.25) is 11.8 Å². The van der Waals surface area contributed by atoms with E-state index in [-0.39, 0.29) is 24.3 Å². The molecule has 19 heavy (non-hydrogen) atoms. The molecule has 7 nitrogen and oxygen atoms in total. The number of hydrogen-bond acceptors (Lipinski definition) is 4. The number of aromatic nitrogens is 2. The number of carbonyl (C=O) groups excluding carboxylic acids is 2. The van der Waals surface area contributed by atoms with Crippen molar-refractivity contribution in [3.05, 3.63) is 12.4 Å². The highest BCUT2D eigenvalue weighted by atomic mass is 16.2. The van der Waals surface area contributed by atoms with E-state index in [1.54, 1.807) is 19.4 Å². The van der Waals surface area contributed by atoms with Gasteiger partial charge in [0.15, 0.2) is 0 Å². The van der Waals surface area contributed by atoms with E-state index in [1.165, 1.54) is 4.68 Å². The Morgan fingerprint density at radius 3 is 2.89 bits per heavy atom. The van der Waals surface area contributed by atoms with Crippen molar-refractivity contribution >= 4 is 17.5 Å². The zero-order valence-corrected chi connectivity index (χ0v) is 11.0. The Kier molecular flexibility index (Phi) is 4.51. The highest BCUT2D eigenvalue weighted by Crippen LogP contribution is 2.15. The maximum Gasteiger partial charge on any atom is 0.241 e. The molecule has 2 rings (SSSR count). The van der Waals surface area contributed by atoms with Crippen LogP contribution in [-0.2, 0) is 16.1 Å². The smallest absolute Gasteiger partial charge is 0.241 e. The molecule has 2 heterocycles. The van der Waals surface area contributed by atoms with Crippen LogP contribution in [0.4, 0.5) is 5.69 Å². The van der Waals surface area contributed by atoms with Crippen molar-refractivity contribution in [1.82, 2.24) is 20.4 Å². The van der Waals surface area contributed by atoms with Gasteiger partial charge in [-0.05, 0) is 25.9 Å². The molecule has 7 heteroatoms. The van der Waals surface area contributed by atoms with Crippen molar-refractivity contribution < 1.29 is 9.59 Å². The number of amides is 2. The Hall–Kier alpha value is -1.89. The van der Waals surface area contributed by atoms with Gasteiger partial charge in [-0.25, -0.2) is 0 Å². The average molecular weight is 265 g/mol. The standard InChI is InChI=1S/C12H19N5O2/c1-13-11(18)8-17-7-10(6-15-17)16-12(19)9-2-4-14-5-3-9/h6-7,9,14H,2-5,8H2,1H3,(H,13,18)(H,16,19). The molecule has 3 N–H and O–H groups in total. The molecule has 1 aromatic heterocycles. The minimum Gasteiger partial charge on any atom is -0.358 e. The topological polar surface area (TPSA) is 88.0 Å². The first-order chi connectivity index (χ1) is 9.19. The fraction of sp³-hybridized carbons (Fsp3) is 0.583. The van der Waals surface area contributed by atoms with Crippen molar-refractivity contribution in [2.75, 3.05) is 25.5 Å². The van der Waals surface area contributed by atoms with Crippen LogP contribution < -0.4 is 16.0 Å². The quantitative estimate of drug-likeness (QED) is 0.689. The van der Waals surface area contributed by atoms with Crippen molar-refractivity contribution in [3.63, 3.8) is 0 Å². The number of rotatable bonds is 4. The Labute approximate surface area is 111 Å². The van der Waals surface area contributed by atoms with Gasteiger partial charge in [-0.2, -0.15) is 5.10 Å². The summed E-state index contributed by atoms with van der Waals surface area (Å²) in [6.45, 7) is 1.92. The molecule has 0 aliphatic carbocycles. The molecule has 0 bridgehead atoms. The van der Waals surface area contributed by atoms with E-state index >= 15 is 0 Å². The summed E-state index contributed by atoms with van der Waals surface area (Å²) in [4.78, 5) is 23.2. The molecule has 0 aromatic carbocycles. The largest absolute Gasteiger partial charge is 0.358 e. The molecule has 1 fully saturated rings. The van der Waals surface area contributed by atoms with E-state index in [0.29, 0.717) is 5.69 Å². The van der Waals surface area contributed by atoms with Crippen molar-refractivity contribution in [2.24, 2.45) is 5.92 Å². The van der Waals surface area contributed by atoms with Gasteiger partial charge >= 0.3 is 0 Å². The molecular formula is C12H19N5O2. The Morgan fingerprint density at radius 2 is 2.21 bits per heavy atom. The third-order valence-electron chi connectivity index (χ3n) is 3.20. The second kappa shape index (κ2) is 6.33. The van der Waals surface area contributed by atoms with Crippen LogP contribution in [-0.4, -0.2) is 41.7 Å². The van der Waals surface area contributed by atoms with E-state index in [0.717, 1.165) is 25.9 Å². The first kappa shape index (κ1) is 13.5. The average Bonchev–Trinajstić information content (AvgIpc) is 2.86. The van der Waals surface area contributed by atoms with Gasteiger partial charge in [0.05, 0.1) is 11.9 Å². The fourth-order valence-electron chi connectivity index (χ4n) is 2.07. The molecule has 0 radical (unpaired) electrons. The number of nitrogens with one attached hydrogen (secondary N) is 3. The first-order valence-corrected chi connectivity index (χ1v) is 6.43. The van der Waals surface area contributed by atoms with Crippen molar-refractivity contribution in [1.29, 1.82) is 0 Å². The Balaban J connectivity index is 1.88. The molecule has 1 saturated heterocycles. The third kappa shape index (κ3) is 3.78. The van der Waals surface area contributed by atoms with Crippen molar-refractivity contribution in [2.45, 2.75) is 19.4 Å². The highest BCUT2D eigenvalue weighted by Gasteiger charge is 2.21. The fourth-order valence-corrected chi connectivity index (χ4v) is 2.07. The number of carbonyl (C=O) groups is 2. The van der Waals surface area contributed by atoms with Crippen LogP contribution in [0, 0.1) is 5.92 Å². The van der Waals surface area contributed by atoms with Crippen LogP contribution in [0.15, 0.2) is 12.4 Å². The molecule has 1 aliphatic heterocycles. The molecule has 1 aliphatic rings. The Morgan fingerprint density at radius 1 is 1.47 bits per heavy atom. The summed E-state index contributed by atoms with van der Waals surface area (Å²) in [6.07, 6.45) is 4.94. The van der Waals surface area contributed by atoms with Gasteiger partial charge in [0.1, 0.15) is 6.54 Å². The predicted molar refractivity (Wildman–Crippen MR) is 70.5 cm³/mol. The number of nitrogens with zero attached hydrogens (tertiary/aromatic N) is 2. The van der Waals surface area contributed by atoms with E-state index < -0.39 is 0 Å².